The smallest absolute Gasteiger partial charge is 0.0616 e. The second-order valence-corrected chi connectivity index (χ2v) is 4.52. The highest BCUT2D eigenvalue weighted by atomic mass is 16.5. The van der Waals surface area contributed by atoms with Gasteiger partial charge in [-0.1, -0.05) is 6.92 Å². The Bertz CT molecular complexity index is 164. The van der Waals surface area contributed by atoms with Crippen LogP contribution in [0.5, 0.6) is 0 Å². The van der Waals surface area contributed by atoms with Gasteiger partial charge < -0.3 is 15.0 Å². The molecule has 1 saturated heterocycles. The third kappa shape index (κ3) is 4.96. The van der Waals surface area contributed by atoms with Gasteiger partial charge in [0.05, 0.1) is 6.61 Å². The van der Waals surface area contributed by atoms with E-state index in [0.29, 0.717) is 6.04 Å². The maximum absolute atomic E-state index is 5.38. The fourth-order valence-corrected chi connectivity index (χ4v) is 2.09. The Hall–Kier alpha value is -0.120. The van der Waals surface area contributed by atoms with Crippen molar-refractivity contribution in [3.8, 4) is 0 Å². The number of ether oxygens (including phenoxy) is 1. The Balaban J connectivity index is 2.04. The second-order valence-electron chi connectivity index (χ2n) is 4.52. The maximum Gasteiger partial charge on any atom is 0.0616 e. The van der Waals surface area contributed by atoms with Crippen LogP contribution in [0, 0.1) is 5.92 Å². The van der Waals surface area contributed by atoms with E-state index in [9.17, 15) is 0 Å². The predicted molar refractivity (Wildman–Crippen MR) is 64.2 cm³/mol. The number of hydrogen-bond donors (Lipinski definition) is 1. The predicted octanol–water partition coefficient (Wildman–Crippen LogP) is 1.34. The minimum absolute atomic E-state index is 0.487. The third-order valence-electron chi connectivity index (χ3n) is 3.14. The molecule has 1 aliphatic heterocycles. The molecule has 0 amide bonds. The quantitative estimate of drug-likeness (QED) is 0.692. The van der Waals surface area contributed by atoms with Crippen molar-refractivity contribution in [1.29, 1.82) is 0 Å². The van der Waals surface area contributed by atoms with Gasteiger partial charge in [0.2, 0.25) is 0 Å². The highest BCUT2D eigenvalue weighted by molar-refractivity contribution is 4.77. The van der Waals surface area contributed by atoms with Crippen LogP contribution in [0.1, 0.15) is 27.2 Å². The molecule has 0 spiro atoms. The van der Waals surface area contributed by atoms with Crippen molar-refractivity contribution in [1.82, 2.24) is 10.2 Å². The van der Waals surface area contributed by atoms with E-state index >= 15 is 0 Å². The van der Waals surface area contributed by atoms with Crippen LogP contribution in [0.4, 0.5) is 0 Å². The Kier molecular flexibility index (Phi) is 6.22. The molecule has 1 rings (SSSR count). The first-order valence-electron chi connectivity index (χ1n) is 6.29. The number of nitrogens with one attached hydrogen (secondary N) is 1. The van der Waals surface area contributed by atoms with Gasteiger partial charge in [0.25, 0.3) is 0 Å². The molecule has 1 heterocycles. The van der Waals surface area contributed by atoms with Gasteiger partial charge in [-0.15, -0.1) is 0 Å². The summed E-state index contributed by atoms with van der Waals surface area (Å²) in [6, 6.07) is 0.487. The molecule has 0 saturated carbocycles. The molecule has 3 nitrogen and oxygen atoms in total. The van der Waals surface area contributed by atoms with Crippen LogP contribution in [-0.4, -0.2) is 50.3 Å². The first-order valence-corrected chi connectivity index (χ1v) is 6.29. The number of hydrogen-bond acceptors (Lipinski definition) is 3. The lowest BCUT2D eigenvalue weighted by atomic mass is 10.1. The van der Waals surface area contributed by atoms with Gasteiger partial charge in [-0.2, -0.15) is 0 Å². The van der Waals surface area contributed by atoms with E-state index in [-0.39, 0.29) is 0 Å². The van der Waals surface area contributed by atoms with Gasteiger partial charge in [0.15, 0.2) is 0 Å². The molecule has 0 radical (unpaired) electrons. The molecule has 1 fully saturated rings. The molecular weight excluding hydrogens is 188 g/mol. The summed E-state index contributed by atoms with van der Waals surface area (Å²) in [4.78, 5) is 2.53. The van der Waals surface area contributed by atoms with Crippen molar-refractivity contribution in [3.63, 3.8) is 0 Å². The van der Waals surface area contributed by atoms with Gasteiger partial charge in [0, 0.05) is 19.2 Å². The van der Waals surface area contributed by atoms with Crippen molar-refractivity contribution < 1.29 is 4.74 Å². The molecule has 90 valence electrons. The fourth-order valence-electron chi connectivity index (χ4n) is 2.09. The molecule has 2 unspecified atom stereocenters. The van der Waals surface area contributed by atoms with Crippen molar-refractivity contribution in [3.05, 3.63) is 0 Å². The summed E-state index contributed by atoms with van der Waals surface area (Å²) in [7, 11) is 0. The average molecular weight is 214 g/mol. The van der Waals surface area contributed by atoms with E-state index in [1.165, 1.54) is 26.1 Å². The van der Waals surface area contributed by atoms with E-state index in [2.05, 4.69) is 24.1 Å². The lowest BCUT2D eigenvalue weighted by molar-refractivity contribution is 0.126. The lowest BCUT2D eigenvalue weighted by Crippen LogP contribution is -2.35. The lowest BCUT2D eigenvalue weighted by Gasteiger charge is -2.17. The number of likely N-dealkylation sites (tertiary alicyclic amines) is 1. The monoisotopic (exact) mass is 214 g/mol. The molecule has 1 N–H and O–H groups in total. The summed E-state index contributed by atoms with van der Waals surface area (Å²) >= 11 is 0. The zero-order valence-corrected chi connectivity index (χ0v) is 10.5. The molecule has 0 aliphatic carbocycles. The minimum Gasteiger partial charge on any atom is -0.380 e. The van der Waals surface area contributed by atoms with Gasteiger partial charge in [-0.05, 0) is 45.8 Å². The maximum atomic E-state index is 5.38. The zero-order chi connectivity index (χ0) is 11.1. The Morgan fingerprint density at radius 2 is 2.27 bits per heavy atom. The standard InChI is InChI=1S/C12H26N2O/c1-4-14-7-6-12(9-14)8-13-11(3)10-15-5-2/h11-13H,4-10H2,1-3H3. The van der Waals surface area contributed by atoms with Gasteiger partial charge in [0.1, 0.15) is 0 Å². The molecule has 15 heavy (non-hydrogen) atoms. The minimum atomic E-state index is 0.487. The molecule has 3 heteroatoms. The average Bonchev–Trinajstić information content (AvgIpc) is 2.71. The first-order chi connectivity index (χ1) is 7.26. The first kappa shape index (κ1) is 12.9. The van der Waals surface area contributed by atoms with Crippen molar-refractivity contribution >= 4 is 0 Å². The highest BCUT2D eigenvalue weighted by Crippen LogP contribution is 2.14. The van der Waals surface area contributed by atoms with Crippen molar-refractivity contribution in [2.45, 2.75) is 33.2 Å². The Morgan fingerprint density at radius 1 is 1.47 bits per heavy atom. The van der Waals surface area contributed by atoms with Crippen LogP contribution in [0.2, 0.25) is 0 Å². The zero-order valence-electron chi connectivity index (χ0n) is 10.5. The van der Waals surface area contributed by atoms with E-state index < -0.39 is 0 Å². The van der Waals surface area contributed by atoms with Crippen molar-refractivity contribution in [2.24, 2.45) is 5.92 Å². The third-order valence-corrected chi connectivity index (χ3v) is 3.14. The topological polar surface area (TPSA) is 24.5 Å². The van der Waals surface area contributed by atoms with E-state index in [4.69, 9.17) is 4.74 Å². The summed E-state index contributed by atoms with van der Waals surface area (Å²) in [6.45, 7) is 13.0. The molecule has 0 aromatic carbocycles. The van der Waals surface area contributed by atoms with Crippen LogP contribution < -0.4 is 5.32 Å². The molecular formula is C12H26N2O. The molecule has 0 aromatic heterocycles. The second kappa shape index (κ2) is 7.20. The summed E-state index contributed by atoms with van der Waals surface area (Å²) in [6.07, 6.45) is 1.35. The SMILES string of the molecule is CCOCC(C)NCC1CCN(CC)C1. The van der Waals surface area contributed by atoms with Crippen LogP contribution in [0.15, 0.2) is 0 Å². The molecule has 2 atom stereocenters. The van der Waals surface area contributed by atoms with Crippen LogP contribution in [0.3, 0.4) is 0 Å². The van der Waals surface area contributed by atoms with Crippen LogP contribution in [0.25, 0.3) is 0 Å². The van der Waals surface area contributed by atoms with Crippen molar-refractivity contribution in [2.75, 3.05) is 39.4 Å². The number of nitrogens with zero attached hydrogens (tertiary/aromatic N) is 1. The summed E-state index contributed by atoms with van der Waals surface area (Å²) < 4.78 is 5.38. The summed E-state index contributed by atoms with van der Waals surface area (Å²) in [5.74, 6) is 0.842. The normalized spacial score (nSPS) is 24.6. The highest BCUT2D eigenvalue weighted by Gasteiger charge is 2.20. The van der Waals surface area contributed by atoms with E-state index in [1.807, 2.05) is 6.92 Å². The Morgan fingerprint density at radius 3 is 2.87 bits per heavy atom. The summed E-state index contributed by atoms with van der Waals surface area (Å²) in [5, 5.41) is 3.55. The van der Waals surface area contributed by atoms with Gasteiger partial charge in [-0.3, -0.25) is 0 Å². The Labute approximate surface area is 94.2 Å². The largest absolute Gasteiger partial charge is 0.380 e. The number of rotatable bonds is 7. The van der Waals surface area contributed by atoms with E-state index in [0.717, 1.165) is 25.7 Å². The fraction of sp³-hybridized carbons (Fsp3) is 1.00. The van der Waals surface area contributed by atoms with E-state index in [1.54, 1.807) is 0 Å². The summed E-state index contributed by atoms with van der Waals surface area (Å²) in [5.41, 5.74) is 0. The van der Waals surface area contributed by atoms with Crippen LogP contribution >= 0.6 is 0 Å². The molecule has 0 aromatic rings. The van der Waals surface area contributed by atoms with Crippen LogP contribution in [-0.2, 0) is 4.74 Å². The molecule has 0 bridgehead atoms. The molecule has 1 aliphatic rings. The van der Waals surface area contributed by atoms with Gasteiger partial charge in [-0.25, -0.2) is 0 Å². The van der Waals surface area contributed by atoms with Gasteiger partial charge >= 0.3 is 0 Å².